The third-order valence-electron chi connectivity index (χ3n) is 3.09. The summed E-state index contributed by atoms with van der Waals surface area (Å²) in [6.07, 6.45) is 0. The van der Waals surface area contributed by atoms with Crippen molar-refractivity contribution in [2.45, 2.75) is 6.92 Å². The molecule has 0 aliphatic carbocycles. The molecule has 0 spiro atoms. The molecule has 7 heteroatoms. The summed E-state index contributed by atoms with van der Waals surface area (Å²) in [6.45, 7) is 6.14. The monoisotopic (exact) mass is 299 g/mol. The van der Waals surface area contributed by atoms with Gasteiger partial charge in [-0.3, -0.25) is 9.62 Å². The number of hydrogen-bond donors (Lipinski definition) is 2. The number of morpholine rings is 1. The van der Waals surface area contributed by atoms with E-state index in [0.717, 1.165) is 18.7 Å². The van der Waals surface area contributed by atoms with E-state index in [0.29, 0.717) is 32.0 Å². The Labute approximate surface area is 120 Å². The van der Waals surface area contributed by atoms with Crippen LogP contribution in [0.2, 0.25) is 0 Å². The van der Waals surface area contributed by atoms with Crippen molar-refractivity contribution in [3.63, 3.8) is 0 Å². The van der Waals surface area contributed by atoms with E-state index in [1.165, 1.54) is 0 Å². The maximum atomic E-state index is 11.9. The van der Waals surface area contributed by atoms with E-state index >= 15 is 0 Å². The van der Waals surface area contributed by atoms with Crippen LogP contribution in [-0.4, -0.2) is 52.7 Å². The van der Waals surface area contributed by atoms with Crippen LogP contribution >= 0.6 is 0 Å². The average Bonchev–Trinajstić information content (AvgIpc) is 2.39. The third-order valence-corrected chi connectivity index (χ3v) is 4.18. The molecule has 1 aliphatic heterocycles. The van der Waals surface area contributed by atoms with E-state index in [-0.39, 0.29) is 0 Å². The lowest BCUT2D eigenvalue weighted by Gasteiger charge is -2.26. The number of anilines is 1. The van der Waals surface area contributed by atoms with Crippen LogP contribution in [0.3, 0.4) is 0 Å². The summed E-state index contributed by atoms with van der Waals surface area (Å²) < 4.78 is 34.1. The van der Waals surface area contributed by atoms with Crippen LogP contribution in [0.4, 0.5) is 5.69 Å². The van der Waals surface area contributed by atoms with Crippen LogP contribution in [0, 0.1) is 6.92 Å². The fraction of sp³-hybridized carbons (Fsp3) is 0.538. The second kappa shape index (κ2) is 7.03. The van der Waals surface area contributed by atoms with Crippen molar-refractivity contribution in [3.8, 4) is 0 Å². The first-order valence-corrected chi connectivity index (χ1v) is 8.18. The van der Waals surface area contributed by atoms with Gasteiger partial charge in [-0.15, -0.1) is 0 Å². The van der Waals surface area contributed by atoms with Gasteiger partial charge in [-0.2, -0.15) is 13.1 Å². The third kappa shape index (κ3) is 5.09. The SMILES string of the molecule is Cc1cccc(NS(=O)(=O)NCCN2CCOCC2)c1. The van der Waals surface area contributed by atoms with E-state index in [4.69, 9.17) is 4.74 Å². The first-order valence-electron chi connectivity index (χ1n) is 6.69. The van der Waals surface area contributed by atoms with E-state index < -0.39 is 10.2 Å². The van der Waals surface area contributed by atoms with Crippen molar-refractivity contribution in [2.75, 3.05) is 44.1 Å². The number of nitrogens with zero attached hydrogens (tertiary/aromatic N) is 1. The number of rotatable bonds is 6. The van der Waals surface area contributed by atoms with Crippen molar-refractivity contribution in [1.29, 1.82) is 0 Å². The molecule has 0 radical (unpaired) electrons. The van der Waals surface area contributed by atoms with E-state index in [1.54, 1.807) is 12.1 Å². The van der Waals surface area contributed by atoms with Gasteiger partial charge >= 0.3 is 0 Å². The summed E-state index contributed by atoms with van der Waals surface area (Å²) >= 11 is 0. The van der Waals surface area contributed by atoms with Gasteiger partial charge in [-0.05, 0) is 24.6 Å². The van der Waals surface area contributed by atoms with Gasteiger partial charge in [0.05, 0.1) is 13.2 Å². The molecule has 20 heavy (non-hydrogen) atoms. The Morgan fingerprint density at radius 2 is 2.05 bits per heavy atom. The highest BCUT2D eigenvalue weighted by Gasteiger charge is 2.13. The molecule has 1 heterocycles. The van der Waals surface area contributed by atoms with Gasteiger partial charge in [0.1, 0.15) is 0 Å². The normalized spacial score (nSPS) is 17.1. The lowest BCUT2D eigenvalue weighted by Crippen LogP contribution is -2.42. The smallest absolute Gasteiger partial charge is 0.299 e. The number of ether oxygens (including phenoxy) is 1. The summed E-state index contributed by atoms with van der Waals surface area (Å²) in [6, 6.07) is 7.26. The van der Waals surface area contributed by atoms with Gasteiger partial charge in [0.2, 0.25) is 0 Å². The highest BCUT2D eigenvalue weighted by Crippen LogP contribution is 2.10. The van der Waals surface area contributed by atoms with Crippen molar-refractivity contribution in [3.05, 3.63) is 29.8 Å². The minimum Gasteiger partial charge on any atom is -0.379 e. The molecular weight excluding hydrogens is 278 g/mol. The van der Waals surface area contributed by atoms with Gasteiger partial charge in [0.25, 0.3) is 10.2 Å². The Bertz CT molecular complexity index is 527. The quantitative estimate of drug-likeness (QED) is 0.806. The van der Waals surface area contributed by atoms with Crippen LogP contribution in [0.25, 0.3) is 0 Å². The minimum absolute atomic E-state index is 0.390. The second-order valence-electron chi connectivity index (χ2n) is 4.82. The highest BCUT2D eigenvalue weighted by molar-refractivity contribution is 7.90. The molecule has 1 saturated heterocycles. The minimum atomic E-state index is -3.51. The number of hydrogen-bond acceptors (Lipinski definition) is 4. The van der Waals surface area contributed by atoms with Crippen LogP contribution in [0.15, 0.2) is 24.3 Å². The molecule has 1 fully saturated rings. The predicted molar refractivity (Wildman–Crippen MR) is 79.0 cm³/mol. The zero-order valence-corrected chi connectivity index (χ0v) is 12.4. The molecule has 1 aromatic carbocycles. The number of benzene rings is 1. The zero-order valence-electron chi connectivity index (χ0n) is 11.6. The molecule has 0 aromatic heterocycles. The summed E-state index contributed by atoms with van der Waals surface area (Å²) in [7, 11) is -3.51. The fourth-order valence-corrected chi connectivity index (χ4v) is 2.93. The highest BCUT2D eigenvalue weighted by atomic mass is 32.2. The average molecular weight is 299 g/mol. The predicted octanol–water partition coefficient (Wildman–Crippen LogP) is 0.574. The van der Waals surface area contributed by atoms with Crippen molar-refractivity contribution in [1.82, 2.24) is 9.62 Å². The zero-order chi connectivity index (χ0) is 14.4. The summed E-state index contributed by atoms with van der Waals surface area (Å²) in [5.74, 6) is 0. The fourth-order valence-electron chi connectivity index (χ4n) is 2.06. The van der Waals surface area contributed by atoms with Crippen molar-refractivity contribution < 1.29 is 13.2 Å². The van der Waals surface area contributed by atoms with E-state index in [2.05, 4.69) is 14.3 Å². The van der Waals surface area contributed by atoms with Gasteiger partial charge in [0.15, 0.2) is 0 Å². The first-order chi connectivity index (χ1) is 9.55. The van der Waals surface area contributed by atoms with E-state index in [9.17, 15) is 8.42 Å². The van der Waals surface area contributed by atoms with Gasteiger partial charge in [0, 0.05) is 31.9 Å². The molecule has 1 aliphatic rings. The Morgan fingerprint density at radius 3 is 2.75 bits per heavy atom. The Balaban J connectivity index is 1.78. The first kappa shape index (κ1) is 15.2. The van der Waals surface area contributed by atoms with Gasteiger partial charge < -0.3 is 4.74 Å². The van der Waals surface area contributed by atoms with E-state index in [1.807, 2.05) is 19.1 Å². The van der Waals surface area contributed by atoms with Crippen molar-refractivity contribution in [2.24, 2.45) is 0 Å². The maximum Gasteiger partial charge on any atom is 0.299 e. The summed E-state index contributed by atoms with van der Waals surface area (Å²) in [5.41, 5.74) is 1.59. The molecule has 0 atom stereocenters. The van der Waals surface area contributed by atoms with Gasteiger partial charge in [-0.25, -0.2) is 0 Å². The second-order valence-corrected chi connectivity index (χ2v) is 6.32. The van der Waals surface area contributed by atoms with Crippen LogP contribution in [-0.2, 0) is 14.9 Å². The maximum absolute atomic E-state index is 11.9. The van der Waals surface area contributed by atoms with Crippen molar-refractivity contribution >= 4 is 15.9 Å². The molecule has 1 aromatic rings. The summed E-state index contributed by atoms with van der Waals surface area (Å²) in [5, 5.41) is 0. The molecule has 0 bridgehead atoms. The lowest BCUT2D eigenvalue weighted by atomic mass is 10.2. The number of nitrogens with one attached hydrogen (secondary N) is 2. The Hall–Kier alpha value is -1.15. The van der Waals surface area contributed by atoms with Gasteiger partial charge in [-0.1, -0.05) is 12.1 Å². The molecule has 2 N–H and O–H groups in total. The largest absolute Gasteiger partial charge is 0.379 e. The summed E-state index contributed by atoms with van der Waals surface area (Å²) in [4.78, 5) is 2.18. The molecule has 0 saturated carbocycles. The molecule has 112 valence electrons. The molecule has 6 nitrogen and oxygen atoms in total. The molecule has 2 rings (SSSR count). The number of aryl methyl sites for hydroxylation is 1. The standard InChI is InChI=1S/C13H21N3O3S/c1-12-3-2-4-13(11-12)15-20(17,18)14-5-6-16-7-9-19-10-8-16/h2-4,11,14-15H,5-10H2,1H3. The molecule has 0 unspecified atom stereocenters. The molecule has 0 amide bonds. The van der Waals surface area contributed by atoms with Crippen LogP contribution in [0.1, 0.15) is 5.56 Å². The Morgan fingerprint density at radius 1 is 1.30 bits per heavy atom. The van der Waals surface area contributed by atoms with Crippen LogP contribution in [0.5, 0.6) is 0 Å². The van der Waals surface area contributed by atoms with Crippen LogP contribution < -0.4 is 9.44 Å². The Kier molecular flexibility index (Phi) is 5.36. The molecular formula is C13H21N3O3S. The topological polar surface area (TPSA) is 70.7 Å². The lowest BCUT2D eigenvalue weighted by molar-refractivity contribution is 0.0390.